The van der Waals surface area contributed by atoms with Crippen LogP contribution in [0.1, 0.15) is 52.8 Å². The van der Waals surface area contributed by atoms with Crippen molar-refractivity contribution in [3.63, 3.8) is 0 Å². The summed E-state index contributed by atoms with van der Waals surface area (Å²) in [5.74, 6) is -0.710. The minimum atomic E-state index is -0.495. The SMILES string of the molecule is Cc1cn2c(C(=O)CCc3ccc(N4CCC5(CC4)OC[C@@H](C)O5)c(F)c3)c(C)nc2s1. The Hall–Kier alpha value is -2.29. The fourth-order valence-corrected chi connectivity index (χ4v) is 5.66. The molecule has 0 radical (unpaired) electrons. The van der Waals surface area contributed by atoms with Crippen molar-refractivity contribution < 1.29 is 18.7 Å². The van der Waals surface area contributed by atoms with Gasteiger partial charge in [0.15, 0.2) is 16.5 Å². The molecule has 32 heavy (non-hydrogen) atoms. The summed E-state index contributed by atoms with van der Waals surface area (Å²) >= 11 is 1.57. The highest BCUT2D eigenvalue weighted by molar-refractivity contribution is 7.17. The van der Waals surface area contributed by atoms with Crippen molar-refractivity contribution in [2.75, 3.05) is 24.6 Å². The maximum Gasteiger partial charge on any atom is 0.194 e. The van der Waals surface area contributed by atoms with Gasteiger partial charge in [0.1, 0.15) is 11.5 Å². The van der Waals surface area contributed by atoms with Crippen molar-refractivity contribution in [1.82, 2.24) is 9.38 Å². The summed E-state index contributed by atoms with van der Waals surface area (Å²) in [5, 5.41) is 0. The molecule has 2 saturated heterocycles. The van der Waals surface area contributed by atoms with Crippen LogP contribution in [-0.4, -0.2) is 46.8 Å². The van der Waals surface area contributed by atoms with E-state index >= 15 is 0 Å². The minimum absolute atomic E-state index is 0.0319. The number of thiazole rings is 1. The predicted molar refractivity (Wildman–Crippen MR) is 122 cm³/mol. The zero-order valence-corrected chi connectivity index (χ0v) is 19.5. The molecule has 0 bridgehead atoms. The number of hydrogen-bond donors (Lipinski definition) is 0. The van der Waals surface area contributed by atoms with Crippen molar-refractivity contribution >= 4 is 27.8 Å². The Labute approximate surface area is 191 Å². The highest BCUT2D eigenvalue weighted by atomic mass is 32.1. The Morgan fingerprint density at radius 2 is 2.09 bits per heavy atom. The lowest BCUT2D eigenvalue weighted by Gasteiger charge is -2.39. The first-order valence-electron chi connectivity index (χ1n) is 11.2. The van der Waals surface area contributed by atoms with Crippen LogP contribution < -0.4 is 4.90 Å². The molecule has 0 amide bonds. The van der Waals surface area contributed by atoms with Gasteiger partial charge < -0.3 is 14.4 Å². The summed E-state index contributed by atoms with van der Waals surface area (Å²) in [7, 11) is 0. The molecule has 1 spiro atoms. The lowest BCUT2D eigenvalue weighted by molar-refractivity contribution is -0.178. The molecule has 1 atom stereocenters. The van der Waals surface area contributed by atoms with Crippen LogP contribution in [0.15, 0.2) is 24.4 Å². The minimum Gasteiger partial charge on any atom is -0.369 e. The quantitative estimate of drug-likeness (QED) is 0.520. The van der Waals surface area contributed by atoms with E-state index in [2.05, 4.69) is 9.88 Å². The van der Waals surface area contributed by atoms with Gasteiger partial charge in [-0.05, 0) is 44.9 Å². The highest BCUT2D eigenvalue weighted by Crippen LogP contribution is 2.36. The van der Waals surface area contributed by atoms with Crippen molar-refractivity contribution in [2.24, 2.45) is 0 Å². The van der Waals surface area contributed by atoms with E-state index < -0.39 is 5.79 Å². The van der Waals surface area contributed by atoms with E-state index in [0.29, 0.717) is 43.9 Å². The molecule has 2 aromatic heterocycles. The predicted octanol–water partition coefficient (Wildman–Crippen LogP) is 4.70. The second kappa shape index (κ2) is 8.24. The first-order valence-corrected chi connectivity index (χ1v) is 12.0. The number of fused-ring (bicyclic) bond motifs is 1. The Balaban J connectivity index is 1.23. The number of aryl methyl sites for hydroxylation is 3. The first-order chi connectivity index (χ1) is 15.3. The Bertz CT molecular complexity index is 1160. The number of aromatic nitrogens is 2. The number of carbonyl (C=O) groups is 1. The molecule has 6 nitrogen and oxygen atoms in total. The van der Waals surface area contributed by atoms with Crippen LogP contribution in [0.5, 0.6) is 0 Å². The van der Waals surface area contributed by atoms with E-state index in [4.69, 9.17) is 9.47 Å². The molecule has 0 unspecified atom stereocenters. The summed E-state index contributed by atoms with van der Waals surface area (Å²) in [6, 6.07) is 5.32. The van der Waals surface area contributed by atoms with Crippen LogP contribution >= 0.6 is 11.3 Å². The first kappa shape index (κ1) is 21.6. The Kier molecular flexibility index (Phi) is 5.55. The summed E-state index contributed by atoms with van der Waals surface area (Å²) in [5.41, 5.74) is 2.80. The van der Waals surface area contributed by atoms with E-state index in [1.165, 1.54) is 0 Å². The van der Waals surface area contributed by atoms with E-state index in [1.54, 1.807) is 17.4 Å². The fraction of sp³-hybridized carbons (Fsp3) is 0.500. The molecular formula is C24H28FN3O3S. The van der Waals surface area contributed by atoms with Crippen LogP contribution in [0.25, 0.3) is 4.96 Å². The molecule has 170 valence electrons. The zero-order chi connectivity index (χ0) is 22.5. The number of piperidine rings is 1. The van der Waals surface area contributed by atoms with Crippen LogP contribution in [0.2, 0.25) is 0 Å². The van der Waals surface area contributed by atoms with Crippen LogP contribution in [0.4, 0.5) is 10.1 Å². The maximum atomic E-state index is 14.9. The van der Waals surface area contributed by atoms with Gasteiger partial charge in [-0.3, -0.25) is 9.20 Å². The lowest BCUT2D eigenvalue weighted by Crippen LogP contribution is -2.45. The third-order valence-corrected chi connectivity index (χ3v) is 7.29. The number of ketones is 1. The molecule has 0 aliphatic carbocycles. The number of rotatable bonds is 5. The van der Waals surface area contributed by atoms with Crippen molar-refractivity contribution in [1.29, 1.82) is 0 Å². The smallest absolute Gasteiger partial charge is 0.194 e. The molecule has 5 rings (SSSR count). The normalized spacial score (nSPS) is 20.5. The number of imidazole rings is 1. The van der Waals surface area contributed by atoms with Crippen molar-refractivity contribution in [2.45, 2.75) is 58.3 Å². The Morgan fingerprint density at radius 1 is 1.31 bits per heavy atom. The third kappa shape index (κ3) is 3.95. The number of benzene rings is 1. The van der Waals surface area contributed by atoms with Gasteiger partial charge in [0.2, 0.25) is 0 Å². The number of Topliss-reactive ketones (excluding diaryl/α,β-unsaturated/α-hetero) is 1. The summed E-state index contributed by atoms with van der Waals surface area (Å²) in [6.45, 7) is 7.89. The summed E-state index contributed by atoms with van der Waals surface area (Å²) < 4.78 is 28.6. The number of ether oxygens (including phenoxy) is 2. The number of carbonyl (C=O) groups excluding carboxylic acids is 1. The average molecular weight is 458 g/mol. The second-order valence-corrected chi connectivity index (χ2v) is 10.1. The van der Waals surface area contributed by atoms with Gasteiger partial charge in [-0.15, -0.1) is 11.3 Å². The number of anilines is 1. The molecule has 2 aliphatic heterocycles. The monoisotopic (exact) mass is 457 g/mol. The molecule has 2 fully saturated rings. The van der Waals surface area contributed by atoms with Gasteiger partial charge in [-0.2, -0.15) is 0 Å². The van der Waals surface area contributed by atoms with Gasteiger partial charge in [-0.25, -0.2) is 9.37 Å². The molecule has 0 saturated carbocycles. The van der Waals surface area contributed by atoms with E-state index in [0.717, 1.165) is 33.9 Å². The van der Waals surface area contributed by atoms with Crippen LogP contribution in [-0.2, 0) is 15.9 Å². The fourth-order valence-electron chi connectivity index (χ4n) is 4.79. The van der Waals surface area contributed by atoms with Crippen molar-refractivity contribution in [3.8, 4) is 0 Å². The standard InChI is InChI=1S/C24H28FN3O3S/c1-15-14-30-24(31-15)8-10-27(11-9-24)20-6-4-18(12-19(20)25)5-7-21(29)22-17(3)26-23-28(22)13-16(2)32-23/h4,6,12-13,15H,5,7-11,14H2,1-3H3/t15-/m1/s1. The molecule has 0 N–H and O–H groups in total. The van der Waals surface area contributed by atoms with Crippen LogP contribution in [0, 0.1) is 19.7 Å². The van der Waals surface area contributed by atoms with Gasteiger partial charge in [0.05, 0.1) is 24.1 Å². The average Bonchev–Trinajstić information content (AvgIpc) is 3.38. The van der Waals surface area contributed by atoms with Gasteiger partial charge >= 0.3 is 0 Å². The van der Waals surface area contributed by atoms with E-state index in [1.807, 2.05) is 43.5 Å². The van der Waals surface area contributed by atoms with E-state index in [-0.39, 0.29) is 17.7 Å². The van der Waals surface area contributed by atoms with Gasteiger partial charge in [-0.1, -0.05) is 6.07 Å². The maximum absolute atomic E-state index is 14.9. The van der Waals surface area contributed by atoms with Gasteiger partial charge in [0.25, 0.3) is 0 Å². The summed E-state index contributed by atoms with van der Waals surface area (Å²) in [6.07, 6.45) is 4.34. The number of halogens is 1. The third-order valence-electron chi connectivity index (χ3n) is 6.40. The van der Waals surface area contributed by atoms with Crippen LogP contribution in [0.3, 0.4) is 0 Å². The van der Waals surface area contributed by atoms with Crippen molar-refractivity contribution in [3.05, 3.63) is 52.0 Å². The lowest BCUT2D eigenvalue weighted by atomic mass is 10.0. The Morgan fingerprint density at radius 3 is 2.78 bits per heavy atom. The summed E-state index contributed by atoms with van der Waals surface area (Å²) in [4.78, 5) is 21.4. The highest BCUT2D eigenvalue weighted by Gasteiger charge is 2.42. The number of nitrogens with zero attached hydrogens (tertiary/aromatic N) is 3. The van der Waals surface area contributed by atoms with E-state index in [9.17, 15) is 9.18 Å². The largest absolute Gasteiger partial charge is 0.369 e. The topological polar surface area (TPSA) is 56.1 Å². The molecular weight excluding hydrogens is 429 g/mol. The number of hydrogen-bond acceptors (Lipinski definition) is 6. The molecule has 2 aliphatic rings. The molecule has 4 heterocycles. The van der Waals surface area contributed by atoms with Gasteiger partial charge in [0, 0.05) is 43.4 Å². The molecule has 3 aromatic rings. The molecule has 8 heteroatoms. The molecule has 1 aromatic carbocycles. The second-order valence-electron chi connectivity index (χ2n) is 8.89. The zero-order valence-electron chi connectivity index (χ0n) is 18.7.